The molecule has 1 aromatic rings. The lowest BCUT2D eigenvalue weighted by Gasteiger charge is -2.36. The molecule has 1 amide bonds. The van der Waals surface area contributed by atoms with Gasteiger partial charge in [-0.25, -0.2) is 4.98 Å². The molecule has 2 N–H and O–H groups in total. The fourth-order valence-electron chi connectivity index (χ4n) is 3.90. The third-order valence-electron chi connectivity index (χ3n) is 5.61. The summed E-state index contributed by atoms with van der Waals surface area (Å²) in [5.74, 6) is 2.29. The summed E-state index contributed by atoms with van der Waals surface area (Å²) in [5.41, 5.74) is 0. The molecule has 1 aliphatic carbocycles. The van der Waals surface area contributed by atoms with E-state index in [1.807, 2.05) is 0 Å². The molecule has 1 saturated heterocycles. The summed E-state index contributed by atoms with van der Waals surface area (Å²) in [4.78, 5) is 26.2. The van der Waals surface area contributed by atoms with Gasteiger partial charge < -0.3 is 20.4 Å². The van der Waals surface area contributed by atoms with Crippen molar-refractivity contribution in [2.24, 2.45) is 10.9 Å². The SMILES string of the molecule is CCNC(=NCCNC(=O)C1CCCCC1)N1CCN(c2nc(CC)ns2)CC1. The molecule has 2 aliphatic rings. The van der Waals surface area contributed by atoms with Crippen LogP contribution in [0.25, 0.3) is 0 Å². The van der Waals surface area contributed by atoms with Gasteiger partial charge in [0.15, 0.2) is 5.96 Å². The Balaban J connectivity index is 1.44. The minimum absolute atomic E-state index is 0.210. The highest BCUT2D eigenvalue weighted by Gasteiger charge is 2.22. The molecule has 0 bridgehead atoms. The molecule has 1 aromatic heterocycles. The van der Waals surface area contributed by atoms with Crippen LogP contribution in [0.15, 0.2) is 4.99 Å². The van der Waals surface area contributed by atoms with E-state index in [9.17, 15) is 4.79 Å². The molecule has 1 aliphatic heterocycles. The molecule has 162 valence electrons. The topological polar surface area (TPSA) is 85.8 Å². The van der Waals surface area contributed by atoms with E-state index >= 15 is 0 Å². The van der Waals surface area contributed by atoms with Crippen LogP contribution in [0.1, 0.15) is 51.8 Å². The molecule has 9 heteroatoms. The van der Waals surface area contributed by atoms with Gasteiger partial charge in [0.05, 0.1) is 6.54 Å². The third-order valence-corrected chi connectivity index (χ3v) is 6.42. The second kappa shape index (κ2) is 11.3. The molecule has 0 spiro atoms. The van der Waals surface area contributed by atoms with Crippen molar-refractivity contribution in [1.82, 2.24) is 24.9 Å². The van der Waals surface area contributed by atoms with Crippen molar-refractivity contribution >= 4 is 28.5 Å². The van der Waals surface area contributed by atoms with Gasteiger partial charge in [0.2, 0.25) is 11.0 Å². The first kappa shape index (κ1) is 21.8. The van der Waals surface area contributed by atoms with Crippen molar-refractivity contribution in [3.63, 3.8) is 0 Å². The molecule has 0 aromatic carbocycles. The summed E-state index contributed by atoms with van der Waals surface area (Å²) in [7, 11) is 0. The van der Waals surface area contributed by atoms with Crippen LogP contribution in [0, 0.1) is 5.92 Å². The van der Waals surface area contributed by atoms with E-state index in [1.54, 1.807) is 0 Å². The van der Waals surface area contributed by atoms with Crippen LogP contribution in [0.2, 0.25) is 0 Å². The fourth-order valence-corrected chi connectivity index (χ4v) is 4.70. The predicted octanol–water partition coefficient (Wildman–Crippen LogP) is 1.88. The molecule has 0 radical (unpaired) electrons. The lowest BCUT2D eigenvalue weighted by Crippen LogP contribution is -2.52. The van der Waals surface area contributed by atoms with Gasteiger partial charge in [-0.3, -0.25) is 9.79 Å². The zero-order chi connectivity index (χ0) is 20.5. The maximum Gasteiger partial charge on any atom is 0.223 e. The summed E-state index contributed by atoms with van der Waals surface area (Å²) >= 11 is 1.49. The largest absolute Gasteiger partial charge is 0.357 e. The third kappa shape index (κ3) is 6.29. The molecular weight excluding hydrogens is 386 g/mol. The van der Waals surface area contributed by atoms with E-state index in [4.69, 9.17) is 4.99 Å². The minimum atomic E-state index is 0.210. The van der Waals surface area contributed by atoms with Crippen LogP contribution in [-0.4, -0.2) is 71.9 Å². The molecule has 2 fully saturated rings. The summed E-state index contributed by atoms with van der Waals surface area (Å²) in [6, 6.07) is 0. The standard InChI is InChI=1S/C20H35N7OS/c1-3-17-24-20(29-25-17)27-14-12-26(13-15-27)19(21-4-2)23-11-10-22-18(28)16-8-6-5-7-9-16/h16H,3-15H2,1-2H3,(H,21,23)(H,22,28). The first-order valence-corrected chi connectivity index (χ1v) is 11.9. The van der Waals surface area contributed by atoms with Gasteiger partial charge in [-0.05, 0) is 19.8 Å². The van der Waals surface area contributed by atoms with Gasteiger partial charge in [0.1, 0.15) is 5.82 Å². The Labute approximate surface area is 178 Å². The molecular formula is C20H35N7OS. The van der Waals surface area contributed by atoms with Crippen LogP contribution in [0.4, 0.5) is 5.13 Å². The van der Waals surface area contributed by atoms with Crippen molar-refractivity contribution in [3.8, 4) is 0 Å². The van der Waals surface area contributed by atoms with Gasteiger partial charge in [0, 0.05) is 63.1 Å². The van der Waals surface area contributed by atoms with Crippen molar-refractivity contribution in [3.05, 3.63) is 5.82 Å². The van der Waals surface area contributed by atoms with Crippen LogP contribution in [0.3, 0.4) is 0 Å². The van der Waals surface area contributed by atoms with Crippen molar-refractivity contribution < 1.29 is 4.79 Å². The Morgan fingerprint density at radius 3 is 2.55 bits per heavy atom. The van der Waals surface area contributed by atoms with Crippen LogP contribution in [-0.2, 0) is 11.2 Å². The number of amides is 1. The monoisotopic (exact) mass is 421 g/mol. The quantitative estimate of drug-likeness (QED) is 0.397. The molecule has 0 atom stereocenters. The van der Waals surface area contributed by atoms with Crippen molar-refractivity contribution in [1.29, 1.82) is 0 Å². The summed E-state index contributed by atoms with van der Waals surface area (Å²) < 4.78 is 4.40. The highest BCUT2D eigenvalue weighted by atomic mass is 32.1. The normalized spacial score (nSPS) is 18.8. The second-order valence-corrected chi connectivity index (χ2v) is 8.41. The predicted molar refractivity (Wildman–Crippen MR) is 119 cm³/mol. The molecule has 3 rings (SSSR count). The van der Waals surface area contributed by atoms with E-state index in [-0.39, 0.29) is 11.8 Å². The number of carbonyl (C=O) groups excluding carboxylic acids is 1. The van der Waals surface area contributed by atoms with E-state index in [1.165, 1.54) is 30.8 Å². The van der Waals surface area contributed by atoms with Gasteiger partial charge in [-0.15, -0.1) is 0 Å². The van der Waals surface area contributed by atoms with E-state index in [0.29, 0.717) is 13.1 Å². The number of aliphatic imine (C=N–C) groups is 1. The average Bonchev–Trinajstić information content (AvgIpc) is 3.26. The number of hydrogen-bond donors (Lipinski definition) is 2. The molecule has 2 heterocycles. The van der Waals surface area contributed by atoms with Gasteiger partial charge in [-0.1, -0.05) is 26.2 Å². The van der Waals surface area contributed by atoms with E-state index in [2.05, 4.69) is 43.6 Å². The summed E-state index contributed by atoms with van der Waals surface area (Å²) in [6.45, 7) is 9.87. The Morgan fingerprint density at radius 1 is 1.14 bits per heavy atom. The first-order chi connectivity index (χ1) is 14.2. The maximum absolute atomic E-state index is 12.3. The van der Waals surface area contributed by atoms with Crippen LogP contribution < -0.4 is 15.5 Å². The molecule has 0 unspecified atom stereocenters. The number of guanidine groups is 1. The number of carbonyl (C=O) groups is 1. The number of nitrogens with one attached hydrogen (secondary N) is 2. The first-order valence-electron chi connectivity index (χ1n) is 11.1. The second-order valence-electron chi connectivity index (χ2n) is 7.68. The van der Waals surface area contributed by atoms with E-state index in [0.717, 1.165) is 68.9 Å². The number of anilines is 1. The zero-order valence-electron chi connectivity index (χ0n) is 17.8. The lowest BCUT2D eigenvalue weighted by atomic mass is 9.89. The summed E-state index contributed by atoms with van der Waals surface area (Å²) in [5, 5.41) is 7.49. The van der Waals surface area contributed by atoms with Crippen LogP contribution in [0.5, 0.6) is 0 Å². The van der Waals surface area contributed by atoms with Gasteiger partial charge >= 0.3 is 0 Å². The van der Waals surface area contributed by atoms with Crippen LogP contribution >= 0.6 is 11.5 Å². The average molecular weight is 422 g/mol. The Kier molecular flexibility index (Phi) is 8.52. The van der Waals surface area contributed by atoms with Gasteiger partial charge in [-0.2, -0.15) is 4.37 Å². The molecule has 29 heavy (non-hydrogen) atoms. The highest BCUT2D eigenvalue weighted by Crippen LogP contribution is 2.23. The highest BCUT2D eigenvalue weighted by molar-refractivity contribution is 7.09. The minimum Gasteiger partial charge on any atom is -0.357 e. The van der Waals surface area contributed by atoms with E-state index < -0.39 is 0 Å². The Hall–Kier alpha value is -1.90. The Bertz CT molecular complexity index is 664. The Morgan fingerprint density at radius 2 is 1.90 bits per heavy atom. The van der Waals surface area contributed by atoms with Gasteiger partial charge in [0.25, 0.3) is 0 Å². The number of piperazine rings is 1. The molecule has 8 nitrogen and oxygen atoms in total. The number of hydrogen-bond acceptors (Lipinski definition) is 6. The number of rotatable bonds is 7. The van der Waals surface area contributed by atoms with Crippen molar-refractivity contribution in [2.45, 2.75) is 52.4 Å². The lowest BCUT2D eigenvalue weighted by molar-refractivity contribution is -0.125. The zero-order valence-corrected chi connectivity index (χ0v) is 18.6. The molecule has 1 saturated carbocycles. The fraction of sp³-hybridized carbons (Fsp3) is 0.800. The number of aryl methyl sites for hydroxylation is 1. The number of aromatic nitrogens is 2. The smallest absolute Gasteiger partial charge is 0.223 e. The summed E-state index contributed by atoms with van der Waals surface area (Å²) in [6.07, 6.45) is 6.59. The maximum atomic E-state index is 12.3. The van der Waals surface area contributed by atoms with Crippen molar-refractivity contribution in [2.75, 3.05) is 50.7 Å². The number of nitrogens with zero attached hydrogens (tertiary/aromatic N) is 5.